The van der Waals surface area contributed by atoms with Crippen LogP contribution in [0.2, 0.25) is 0 Å². The Bertz CT molecular complexity index is 1170. The van der Waals surface area contributed by atoms with E-state index in [1.54, 1.807) is 17.7 Å². The molecule has 0 aliphatic rings. The maximum Gasteiger partial charge on any atom is 0.325 e. The predicted molar refractivity (Wildman–Crippen MR) is 115 cm³/mol. The molecule has 1 N–H and O–H groups in total. The highest BCUT2D eigenvalue weighted by atomic mass is 16.5. The zero-order chi connectivity index (χ0) is 21.8. The summed E-state index contributed by atoms with van der Waals surface area (Å²) in [5.74, 6) is -0.838. The predicted octanol–water partition coefficient (Wildman–Crippen LogP) is 3.61. The van der Waals surface area contributed by atoms with E-state index in [1.807, 2.05) is 67.8 Å². The summed E-state index contributed by atoms with van der Waals surface area (Å²) in [6.07, 6.45) is 1.57. The lowest BCUT2D eigenvalue weighted by Gasteiger charge is -2.10. The Hall–Kier alpha value is -3.79. The minimum absolute atomic E-state index is 0.0235. The number of ether oxygens (including phenoxy) is 1. The van der Waals surface area contributed by atoms with E-state index in [1.165, 1.54) is 0 Å². The second kappa shape index (κ2) is 8.70. The molecule has 7 heteroatoms. The molecular weight excluding hydrogens is 380 g/mol. The van der Waals surface area contributed by atoms with Gasteiger partial charge in [0.05, 0.1) is 6.61 Å². The van der Waals surface area contributed by atoms with E-state index in [9.17, 15) is 14.9 Å². The molecule has 0 spiro atoms. The number of aryl methyl sites for hydroxylation is 2. The van der Waals surface area contributed by atoms with Crippen molar-refractivity contribution in [3.05, 3.63) is 64.6 Å². The molecule has 1 aromatic carbocycles. The van der Waals surface area contributed by atoms with Gasteiger partial charge in [0.2, 0.25) is 0 Å². The number of nitrogens with one attached hydrogen (secondary N) is 1. The van der Waals surface area contributed by atoms with Gasteiger partial charge in [0.15, 0.2) is 0 Å². The van der Waals surface area contributed by atoms with Gasteiger partial charge in [-0.25, -0.2) is 0 Å². The van der Waals surface area contributed by atoms with Crippen molar-refractivity contribution in [2.75, 3.05) is 12.0 Å². The van der Waals surface area contributed by atoms with Gasteiger partial charge in [-0.1, -0.05) is 18.2 Å². The maximum absolute atomic E-state index is 12.8. The molecule has 2 aromatic heterocycles. The molecule has 3 rings (SSSR count). The van der Waals surface area contributed by atoms with E-state index in [4.69, 9.17) is 4.74 Å². The Kier molecular flexibility index (Phi) is 6.07. The first-order valence-electron chi connectivity index (χ1n) is 9.68. The van der Waals surface area contributed by atoms with Crippen LogP contribution in [0.3, 0.4) is 0 Å². The van der Waals surface area contributed by atoms with Gasteiger partial charge < -0.3 is 9.30 Å². The number of aromatic nitrogens is 2. The van der Waals surface area contributed by atoms with Crippen LogP contribution < -0.4 is 5.43 Å². The third kappa shape index (κ3) is 3.98. The number of nitriles is 1. The molecule has 0 aliphatic carbocycles. The van der Waals surface area contributed by atoms with Crippen molar-refractivity contribution in [1.82, 2.24) is 9.24 Å². The van der Waals surface area contributed by atoms with Crippen LogP contribution >= 0.6 is 0 Å². The largest absolute Gasteiger partial charge is 0.465 e. The lowest BCUT2D eigenvalue weighted by molar-refractivity contribution is -0.143. The number of para-hydroxylation sites is 1. The van der Waals surface area contributed by atoms with Gasteiger partial charge in [0.25, 0.3) is 5.91 Å². The molecule has 2 heterocycles. The first kappa shape index (κ1) is 20.9. The monoisotopic (exact) mass is 404 g/mol. The first-order valence-corrected chi connectivity index (χ1v) is 9.68. The van der Waals surface area contributed by atoms with E-state index in [0.717, 1.165) is 33.5 Å². The van der Waals surface area contributed by atoms with Crippen LogP contribution in [0.15, 0.2) is 42.0 Å². The molecule has 0 saturated carbocycles. The number of hydrogen-bond donors (Lipinski definition) is 1. The second-order valence-electron chi connectivity index (χ2n) is 6.97. The van der Waals surface area contributed by atoms with Crippen molar-refractivity contribution in [2.45, 2.75) is 34.2 Å². The normalized spacial score (nSPS) is 11.4. The van der Waals surface area contributed by atoms with E-state index in [0.29, 0.717) is 6.61 Å². The van der Waals surface area contributed by atoms with Gasteiger partial charge >= 0.3 is 5.97 Å². The molecule has 0 atom stereocenters. The number of amides is 1. The third-order valence-electron chi connectivity index (χ3n) is 5.01. The molecule has 0 aliphatic heterocycles. The van der Waals surface area contributed by atoms with Crippen molar-refractivity contribution in [3.8, 4) is 6.07 Å². The third-order valence-corrected chi connectivity index (χ3v) is 5.01. The summed E-state index contributed by atoms with van der Waals surface area (Å²) >= 11 is 0. The quantitative estimate of drug-likeness (QED) is 0.386. The van der Waals surface area contributed by atoms with Crippen LogP contribution in [-0.2, 0) is 20.9 Å². The Balaban J connectivity index is 2.03. The lowest BCUT2D eigenvalue weighted by Crippen LogP contribution is -2.25. The van der Waals surface area contributed by atoms with Gasteiger partial charge in [-0.3, -0.25) is 19.7 Å². The lowest BCUT2D eigenvalue weighted by atomic mass is 10.1. The zero-order valence-corrected chi connectivity index (χ0v) is 17.5. The summed E-state index contributed by atoms with van der Waals surface area (Å²) in [5.41, 5.74) is 6.80. The second-order valence-corrected chi connectivity index (χ2v) is 6.97. The topological polar surface area (TPSA) is 89.1 Å². The van der Waals surface area contributed by atoms with E-state index in [2.05, 4.69) is 5.43 Å². The Labute approximate surface area is 175 Å². The summed E-state index contributed by atoms with van der Waals surface area (Å²) in [6.45, 7) is 7.73. The highest BCUT2D eigenvalue weighted by Gasteiger charge is 2.18. The van der Waals surface area contributed by atoms with Gasteiger partial charge in [0.1, 0.15) is 18.2 Å². The van der Waals surface area contributed by atoms with Crippen molar-refractivity contribution in [1.29, 1.82) is 5.26 Å². The number of benzene rings is 1. The van der Waals surface area contributed by atoms with Crippen LogP contribution in [0.1, 0.15) is 29.6 Å². The average Bonchev–Trinajstić information content (AvgIpc) is 3.17. The SMILES string of the molecule is CCOC(=O)Cn1c(C)c(/C=C(\C#N)C(=O)Nn2c(C)ccc2C)c2ccccc21. The van der Waals surface area contributed by atoms with Gasteiger partial charge in [0, 0.05) is 33.5 Å². The van der Waals surface area contributed by atoms with Crippen LogP contribution in [0, 0.1) is 32.1 Å². The van der Waals surface area contributed by atoms with Gasteiger partial charge in [-0.2, -0.15) is 5.26 Å². The molecule has 0 radical (unpaired) electrons. The van der Waals surface area contributed by atoms with E-state index in [-0.39, 0.29) is 18.1 Å². The number of hydrogen-bond acceptors (Lipinski definition) is 4. The number of rotatable bonds is 6. The fraction of sp³-hybridized carbons (Fsp3) is 0.261. The van der Waals surface area contributed by atoms with E-state index < -0.39 is 5.91 Å². The fourth-order valence-electron chi connectivity index (χ4n) is 3.48. The molecule has 0 unspecified atom stereocenters. The molecular formula is C23H24N4O3. The van der Waals surface area contributed by atoms with Crippen molar-refractivity contribution < 1.29 is 14.3 Å². The van der Waals surface area contributed by atoms with Crippen LogP contribution in [0.25, 0.3) is 17.0 Å². The summed E-state index contributed by atoms with van der Waals surface area (Å²) < 4.78 is 8.57. The number of esters is 1. The molecule has 0 bridgehead atoms. The molecule has 0 saturated heterocycles. The van der Waals surface area contributed by atoms with Crippen molar-refractivity contribution >= 4 is 28.9 Å². The minimum Gasteiger partial charge on any atom is -0.465 e. The zero-order valence-electron chi connectivity index (χ0n) is 17.5. The number of fused-ring (bicyclic) bond motifs is 1. The Morgan fingerprint density at radius 3 is 2.43 bits per heavy atom. The number of carbonyl (C=O) groups is 2. The number of carbonyl (C=O) groups excluding carboxylic acids is 2. The summed E-state index contributed by atoms with van der Waals surface area (Å²) in [4.78, 5) is 24.8. The molecule has 30 heavy (non-hydrogen) atoms. The average molecular weight is 404 g/mol. The summed E-state index contributed by atoms with van der Waals surface area (Å²) in [7, 11) is 0. The van der Waals surface area contributed by atoms with Crippen molar-refractivity contribution in [2.24, 2.45) is 0 Å². The molecule has 7 nitrogen and oxygen atoms in total. The van der Waals surface area contributed by atoms with Crippen LogP contribution in [0.5, 0.6) is 0 Å². The first-order chi connectivity index (χ1) is 14.4. The molecule has 154 valence electrons. The standard InChI is InChI=1S/C23H24N4O3/c1-5-30-22(28)14-26-17(4)20(19-8-6-7-9-21(19)26)12-18(13-24)23(29)25-27-15(2)10-11-16(27)3/h6-12H,5,14H2,1-4H3,(H,25,29)/b18-12+. The van der Waals surface area contributed by atoms with Crippen LogP contribution in [-0.4, -0.2) is 27.7 Å². The Morgan fingerprint density at radius 1 is 1.13 bits per heavy atom. The van der Waals surface area contributed by atoms with Crippen molar-refractivity contribution in [3.63, 3.8) is 0 Å². The highest BCUT2D eigenvalue weighted by Crippen LogP contribution is 2.28. The van der Waals surface area contributed by atoms with Gasteiger partial charge in [-0.05, 0) is 52.0 Å². The highest BCUT2D eigenvalue weighted by molar-refractivity contribution is 6.08. The Morgan fingerprint density at radius 2 is 1.80 bits per heavy atom. The fourth-order valence-corrected chi connectivity index (χ4v) is 3.48. The molecule has 0 fully saturated rings. The van der Waals surface area contributed by atoms with Crippen LogP contribution in [0.4, 0.5) is 0 Å². The van der Waals surface area contributed by atoms with Gasteiger partial charge in [-0.15, -0.1) is 0 Å². The molecule has 3 aromatic rings. The smallest absolute Gasteiger partial charge is 0.325 e. The minimum atomic E-state index is -0.499. The maximum atomic E-state index is 12.8. The summed E-state index contributed by atoms with van der Waals surface area (Å²) in [5, 5.41) is 10.5. The van der Waals surface area contributed by atoms with E-state index >= 15 is 0 Å². The number of nitrogens with zero attached hydrogens (tertiary/aromatic N) is 3. The summed E-state index contributed by atoms with van der Waals surface area (Å²) in [6, 6.07) is 13.3. The molecule has 1 amide bonds.